The number of nitrogens with zero attached hydrogens (tertiary/aromatic N) is 2. The predicted molar refractivity (Wildman–Crippen MR) is 60.0 cm³/mol. The molecule has 4 heteroatoms. The highest BCUT2D eigenvalue weighted by Gasteiger charge is 2.29. The van der Waals surface area contributed by atoms with E-state index < -0.39 is 0 Å². The van der Waals surface area contributed by atoms with Crippen LogP contribution < -0.4 is 0 Å². The average Bonchev–Trinajstić information content (AvgIpc) is 2.01. The van der Waals surface area contributed by atoms with Crippen molar-refractivity contribution in [3.05, 3.63) is 0 Å². The van der Waals surface area contributed by atoms with E-state index in [1.54, 1.807) is 0 Å². The number of halogens is 2. The van der Waals surface area contributed by atoms with E-state index in [9.17, 15) is 0 Å². The second-order valence-corrected chi connectivity index (χ2v) is 4.88. The molecule has 0 fully saturated rings. The maximum Gasteiger partial charge on any atom is 0.0510 e. The number of hydrogen-bond donors (Lipinski definition) is 0. The van der Waals surface area contributed by atoms with Gasteiger partial charge >= 0.3 is 0 Å². The Kier molecular flexibility index (Phi) is 6.31. The second kappa shape index (κ2) is 6.07. The molecule has 1 unspecified atom stereocenters. The topological polar surface area (TPSA) is 6.48 Å². The van der Waals surface area contributed by atoms with E-state index in [0.29, 0.717) is 0 Å². The second-order valence-electron chi connectivity index (χ2n) is 4.03. The molecular weight excluding hydrogens is 207 g/mol. The lowest BCUT2D eigenvalue weighted by molar-refractivity contribution is 0.237. The lowest BCUT2D eigenvalue weighted by atomic mass is 9.93. The van der Waals surface area contributed by atoms with Crippen LogP contribution in [0.3, 0.4) is 0 Å². The summed E-state index contributed by atoms with van der Waals surface area (Å²) in [7, 11) is 4.11. The van der Waals surface area contributed by atoms with Crippen LogP contribution in [0, 0.1) is 0 Å². The monoisotopic (exact) mass is 226 g/mol. The van der Waals surface area contributed by atoms with Crippen LogP contribution in [0.1, 0.15) is 33.1 Å². The predicted octanol–water partition coefficient (Wildman–Crippen LogP) is 3.11. The highest BCUT2D eigenvalue weighted by Crippen LogP contribution is 2.29. The summed E-state index contributed by atoms with van der Waals surface area (Å²) in [6.07, 6.45) is 3.11. The van der Waals surface area contributed by atoms with Crippen molar-refractivity contribution in [2.24, 2.45) is 0 Å². The molecule has 0 saturated heterocycles. The van der Waals surface area contributed by atoms with Crippen LogP contribution in [0.2, 0.25) is 0 Å². The number of hydrogen-bond acceptors (Lipinski definition) is 2. The molecule has 0 bridgehead atoms. The van der Waals surface area contributed by atoms with Gasteiger partial charge in [0.15, 0.2) is 0 Å². The molecule has 0 aliphatic heterocycles. The first kappa shape index (κ1) is 13.5. The van der Waals surface area contributed by atoms with Crippen molar-refractivity contribution in [3.8, 4) is 0 Å². The van der Waals surface area contributed by atoms with Gasteiger partial charge in [-0.3, -0.25) is 0 Å². The van der Waals surface area contributed by atoms with Crippen LogP contribution in [0.4, 0.5) is 0 Å². The molecule has 0 spiro atoms. The minimum absolute atomic E-state index is 0.0951. The molecule has 1 atom stereocenters. The van der Waals surface area contributed by atoms with Crippen molar-refractivity contribution in [3.63, 3.8) is 0 Å². The molecule has 0 aromatic carbocycles. The summed E-state index contributed by atoms with van der Waals surface area (Å²) in [5.74, 6) is 0. The maximum absolute atomic E-state index is 5.83. The molecular formula is C9H20Cl2N2. The van der Waals surface area contributed by atoms with E-state index in [2.05, 4.69) is 32.8 Å². The molecule has 0 heterocycles. The fourth-order valence-corrected chi connectivity index (χ4v) is 1.64. The molecule has 0 saturated carbocycles. The lowest BCUT2D eigenvalue weighted by Crippen LogP contribution is -2.37. The van der Waals surface area contributed by atoms with Gasteiger partial charge in [0.25, 0.3) is 0 Å². The van der Waals surface area contributed by atoms with Crippen LogP contribution in [0.5, 0.6) is 0 Å². The Morgan fingerprint density at radius 2 is 1.69 bits per heavy atom. The van der Waals surface area contributed by atoms with E-state index in [-0.39, 0.29) is 5.54 Å². The first-order valence-electron chi connectivity index (χ1n) is 4.69. The summed E-state index contributed by atoms with van der Waals surface area (Å²) in [4.78, 5) is 2.14. The Balaban J connectivity index is 4.07. The molecule has 0 aliphatic carbocycles. The number of rotatable bonds is 6. The summed E-state index contributed by atoms with van der Waals surface area (Å²) < 4.78 is 1.31. The van der Waals surface area contributed by atoms with Gasteiger partial charge in [0.05, 0.1) is 5.54 Å². The first-order valence-corrected chi connectivity index (χ1v) is 5.36. The van der Waals surface area contributed by atoms with Crippen molar-refractivity contribution in [1.82, 2.24) is 8.84 Å². The SMILES string of the molecule is CCCC(C)(CCN(C)C)N(Cl)Cl. The molecule has 0 N–H and O–H groups in total. The minimum Gasteiger partial charge on any atom is -0.309 e. The van der Waals surface area contributed by atoms with Gasteiger partial charge in [0, 0.05) is 0 Å². The van der Waals surface area contributed by atoms with Crippen molar-refractivity contribution in [1.29, 1.82) is 0 Å². The summed E-state index contributed by atoms with van der Waals surface area (Å²) in [5.41, 5.74) is -0.0951. The Morgan fingerprint density at radius 3 is 2.00 bits per heavy atom. The highest BCUT2D eigenvalue weighted by atomic mass is 35.5. The molecule has 0 radical (unpaired) electrons. The summed E-state index contributed by atoms with van der Waals surface area (Å²) >= 11 is 11.7. The average molecular weight is 227 g/mol. The molecule has 0 aliphatic rings. The summed E-state index contributed by atoms with van der Waals surface area (Å²) in [6.45, 7) is 5.25. The van der Waals surface area contributed by atoms with Crippen molar-refractivity contribution in [2.45, 2.75) is 38.6 Å². The van der Waals surface area contributed by atoms with Gasteiger partial charge in [-0.25, -0.2) is 0 Å². The summed E-state index contributed by atoms with van der Waals surface area (Å²) in [5, 5.41) is 0. The molecule has 0 rings (SSSR count). The molecule has 2 nitrogen and oxygen atoms in total. The van der Waals surface area contributed by atoms with Crippen LogP contribution in [0.15, 0.2) is 0 Å². The van der Waals surface area contributed by atoms with E-state index in [1.165, 1.54) is 3.94 Å². The molecule has 13 heavy (non-hydrogen) atoms. The quantitative estimate of drug-likeness (QED) is 0.643. The van der Waals surface area contributed by atoms with E-state index >= 15 is 0 Å². The largest absolute Gasteiger partial charge is 0.309 e. The third kappa shape index (κ3) is 5.06. The third-order valence-electron chi connectivity index (χ3n) is 2.29. The molecule has 0 aromatic heterocycles. The lowest BCUT2D eigenvalue weighted by Gasteiger charge is -2.32. The fraction of sp³-hybridized carbons (Fsp3) is 1.00. The zero-order chi connectivity index (χ0) is 10.5. The Hall–Kier alpha value is 0.500. The Bertz CT molecular complexity index is 140. The van der Waals surface area contributed by atoms with Gasteiger partial charge in [-0.15, -0.1) is 3.94 Å². The molecule has 0 amide bonds. The van der Waals surface area contributed by atoms with Gasteiger partial charge in [-0.05, 0) is 64.0 Å². The minimum atomic E-state index is -0.0951. The van der Waals surface area contributed by atoms with Gasteiger partial charge in [0.1, 0.15) is 0 Å². The van der Waals surface area contributed by atoms with Gasteiger partial charge in [0.2, 0.25) is 0 Å². The third-order valence-corrected chi connectivity index (χ3v) is 3.11. The zero-order valence-electron chi connectivity index (χ0n) is 8.98. The standard InChI is InChI=1S/C9H20Cl2N2/c1-5-6-9(2,13(10)11)7-8-12(3)4/h5-8H2,1-4H3. The Labute approximate surface area is 92.0 Å². The van der Waals surface area contributed by atoms with Gasteiger partial charge < -0.3 is 4.90 Å². The zero-order valence-corrected chi connectivity index (χ0v) is 10.5. The van der Waals surface area contributed by atoms with Gasteiger partial charge in [-0.1, -0.05) is 13.3 Å². The van der Waals surface area contributed by atoms with Gasteiger partial charge in [-0.2, -0.15) is 0 Å². The van der Waals surface area contributed by atoms with Crippen LogP contribution in [-0.2, 0) is 0 Å². The van der Waals surface area contributed by atoms with Crippen LogP contribution >= 0.6 is 23.6 Å². The van der Waals surface area contributed by atoms with Crippen LogP contribution in [0.25, 0.3) is 0 Å². The van der Waals surface area contributed by atoms with E-state index in [1.807, 2.05) is 0 Å². The van der Waals surface area contributed by atoms with Crippen molar-refractivity contribution in [2.75, 3.05) is 20.6 Å². The smallest absolute Gasteiger partial charge is 0.0510 e. The van der Waals surface area contributed by atoms with E-state index in [0.717, 1.165) is 25.8 Å². The molecule has 80 valence electrons. The first-order chi connectivity index (χ1) is 5.92. The fourth-order valence-electron chi connectivity index (χ4n) is 1.30. The van der Waals surface area contributed by atoms with Crippen molar-refractivity contribution < 1.29 is 0 Å². The Morgan fingerprint density at radius 1 is 1.15 bits per heavy atom. The van der Waals surface area contributed by atoms with E-state index in [4.69, 9.17) is 23.6 Å². The molecule has 0 aromatic rings. The normalized spacial score (nSPS) is 16.6. The summed E-state index contributed by atoms with van der Waals surface area (Å²) in [6, 6.07) is 0. The maximum atomic E-state index is 5.83. The van der Waals surface area contributed by atoms with Crippen molar-refractivity contribution >= 4 is 23.6 Å². The highest BCUT2D eigenvalue weighted by molar-refractivity contribution is 6.34. The van der Waals surface area contributed by atoms with Crippen LogP contribution in [-0.4, -0.2) is 35.0 Å².